The van der Waals surface area contributed by atoms with E-state index in [1.54, 1.807) is 27.0 Å². The molecule has 0 aromatic carbocycles. The highest BCUT2D eigenvalue weighted by molar-refractivity contribution is 9.11. The first kappa shape index (κ1) is 13.4. The molecular weight excluding hydrogens is 296 g/mol. The molecule has 1 heterocycles. The molecule has 0 aliphatic rings. The summed E-state index contributed by atoms with van der Waals surface area (Å²) in [6.07, 6.45) is 1.01. The molecule has 0 spiro atoms. The predicted octanol–water partition coefficient (Wildman–Crippen LogP) is 3.21. The Morgan fingerprint density at radius 1 is 1.56 bits per heavy atom. The van der Waals surface area contributed by atoms with E-state index in [2.05, 4.69) is 20.9 Å². The van der Waals surface area contributed by atoms with E-state index in [-0.39, 0.29) is 0 Å². The summed E-state index contributed by atoms with van der Waals surface area (Å²) in [7, 11) is 1.39. The van der Waals surface area contributed by atoms with E-state index in [4.69, 9.17) is 9.57 Å². The largest absolute Gasteiger partial charge is 0.442 e. The number of hydrogen-bond acceptors (Lipinski definition) is 5. The summed E-state index contributed by atoms with van der Waals surface area (Å²) in [6, 6.07) is 0. The molecule has 0 atom stereocenters. The molecule has 1 aromatic heterocycles. The number of hydroxylamine groups is 1. The molecule has 0 aliphatic carbocycles. The summed E-state index contributed by atoms with van der Waals surface area (Å²) in [4.78, 5) is 20.7. The van der Waals surface area contributed by atoms with Gasteiger partial charge in [-0.25, -0.2) is 9.78 Å². The van der Waals surface area contributed by atoms with E-state index in [0.29, 0.717) is 5.13 Å². The molecule has 1 aromatic rings. The van der Waals surface area contributed by atoms with E-state index in [1.807, 2.05) is 0 Å². The molecule has 1 amide bonds. The number of carbonyl (C=O) groups is 1. The van der Waals surface area contributed by atoms with Gasteiger partial charge in [0, 0.05) is 0 Å². The molecule has 90 valence electrons. The van der Waals surface area contributed by atoms with Crippen molar-refractivity contribution in [1.82, 2.24) is 4.98 Å². The normalized spacial score (nSPS) is 11.3. The van der Waals surface area contributed by atoms with Crippen molar-refractivity contribution in [1.29, 1.82) is 0 Å². The molecule has 0 saturated heterocycles. The van der Waals surface area contributed by atoms with Gasteiger partial charge >= 0.3 is 6.09 Å². The van der Waals surface area contributed by atoms with Crippen LogP contribution in [0.5, 0.6) is 0 Å². The van der Waals surface area contributed by atoms with Crippen molar-refractivity contribution < 1.29 is 14.4 Å². The average molecular weight is 309 g/mol. The molecule has 0 radical (unpaired) electrons. The maximum absolute atomic E-state index is 11.7. The topological polar surface area (TPSA) is 51.7 Å². The number of halogens is 1. The Bertz CT molecular complexity index is 375. The third kappa shape index (κ3) is 3.73. The highest BCUT2D eigenvalue weighted by Crippen LogP contribution is 2.27. The number of carbonyl (C=O) groups excluding carboxylic acids is 1. The number of anilines is 1. The van der Waals surface area contributed by atoms with Gasteiger partial charge in [0.25, 0.3) is 0 Å². The van der Waals surface area contributed by atoms with Crippen molar-refractivity contribution in [3.8, 4) is 0 Å². The first-order valence-electron chi connectivity index (χ1n) is 4.52. The van der Waals surface area contributed by atoms with Crippen LogP contribution in [0.3, 0.4) is 0 Å². The smallest absolute Gasteiger partial charge is 0.441 e. The summed E-state index contributed by atoms with van der Waals surface area (Å²) < 4.78 is 5.98. The van der Waals surface area contributed by atoms with E-state index >= 15 is 0 Å². The Labute approximate surface area is 106 Å². The summed E-state index contributed by atoms with van der Waals surface area (Å²) in [6.45, 7) is 5.36. The molecule has 0 bridgehead atoms. The monoisotopic (exact) mass is 308 g/mol. The average Bonchev–Trinajstić information content (AvgIpc) is 2.49. The molecule has 0 aliphatic heterocycles. The lowest BCUT2D eigenvalue weighted by Crippen LogP contribution is -2.36. The molecule has 16 heavy (non-hydrogen) atoms. The number of thiazole rings is 1. The number of aromatic nitrogens is 1. The number of hydrogen-bond donors (Lipinski definition) is 0. The third-order valence-corrected chi connectivity index (χ3v) is 2.83. The maximum atomic E-state index is 11.7. The SMILES string of the molecule is CON(C(=O)OC(C)(C)C)c1ncc(Br)s1. The molecule has 5 nitrogen and oxygen atoms in total. The van der Waals surface area contributed by atoms with Gasteiger partial charge in [0.1, 0.15) is 5.60 Å². The molecule has 0 fully saturated rings. The Balaban J connectivity index is 2.79. The second-order valence-electron chi connectivity index (χ2n) is 3.90. The van der Waals surface area contributed by atoms with Gasteiger partial charge in [-0.15, -0.1) is 5.06 Å². The van der Waals surface area contributed by atoms with Crippen molar-refractivity contribution in [2.75, 3.05) is 12.2 Å². The Morgan fingerprint density at radius 2 is 2.19 bits per heavy atom. The fraction of sp³-hybridized carbons (Fsp3) is 0.556. The van der Waals surface area contributed by atoms with Gasteiger partial charge in [-0.2, -0.15) is 0 Å². The zero-order chi connectivity index (χ0) is 12.3. The molecule has 0 N–H and O–H groups in total. The van der Waals surface area contributed by atoms with Crippen molar-refractivity contribution in [2.45, 2.75) is 26.4 Å². The number of amides is 1. The molecule has 0 unspecified atom stereocenters. The molecular formula is C9H13BrN2O3S. The fourth-order valence-electron chi connectivity index (χ4n) is 0.874. The number of nitrogens with zero attached hydrogens (tertiary/aromatic N) is 2. The van der Waals surface area contributed by atoms with Crippen LogP contribution in [0.15, 0.2) is 9.98 Å². The Hall–Kier alpha value is -0.660. The van der Waals surface area contributed by atoms with Crippen LogP contribution in [0.25, 0.3) is 0 Å². The lowest BCUT2D eigenvalue weighted by molar-refractivity contribution is 0.0328. The van der Waals surface area contributed by atoms with Crippen LogP contribution >= 0.6 is 27.3 Å². The fourth-order valence-corrected chi connectivity index (χ4v) is 2.03. The highest BCUT2D eigenvalue weighted by atomic mass is 79.9. The van der Waals surface area contributed by atoms with Gasteiger partial charge in [0.15, 0.2) is 0 Å². The molecule has 1 rings (SSSR count). The van der Waals surface area contributed by atoms with Crippen LogP contribution in [-0.4, -0.2) is 23.8 Å². The van der Waals surface area contributed by atoms with E-state index < -0.39 is 11.7 Å². The Morgan fingerprint density at radius 3 is 2.56 bits per heavy atom. The van der Waals surface area contributed by atoms with Gasteiger partial charge in [-0.3, -0.25) is 4.84 Å². The minimum Gasteiger partial charge on any atom is -0.442 e. The van der Waals surface area contributed by atoms with Crippen molar-refractivity contribution >= 4 is 38.5 Å². The summed E-state index contributed by atoms with van der Waals surface area (Å²) in [5.74, 6) is 0. The number of ether oxygens (including phenoxy) is 1. The lowest BCUT2D eigenvalue weighted by atomic mass is 10.2. The van der Waals surface area contributed by atoms with Gasteiger partial charge in [0.05, 0.1) is 17.1 Å². The summed E-state index contributed by atoms with van der Waals surface area (Å²) >= 11 is 4.54. The summed E-state index contributed by atoms with van der Waals surface area (Å²) in [5, 5.41) is 1.43. The van der Waals surface area contributed by atoms with Crippen molar-refractivity contribution in [3.05, 3.63) is 9.98 Å². The van der Waals surface area contributed by atoms with Gasteiger partial charge in [-0.05, 0) is 36.7 Å². The first-order chi connectivity index (χ1) is 7.33. The minimum atomic E-state index is -0.586. The van der Waals surface area contributed by atoms with Gasteiger partial charge in [0.2, 0.25) is 5.13 Å². The zero-order valence-corrected chi connectivity index (χ0v) is 11.9. The second kappa shape index (κ2) is 5.11. The van der Waals surface area contributed by atoms with Crippen LogP contribution in [0.1, 0.15) is 20.8 Å². The van der Waals surface area contributed by atoms with Crippen molar-refractivity contribution in [3.63, 3.8) is 0 Å². The van der Waals surface area contributed by atoms with Gasteiger partial charge < -0.3 is 4.74 Å². The highest BCUT2D eigenvalue weighted by Gasteiger charge is 2.25. The quantitative estimate of drug-likeness (QED) is 0.787. The van der Waals surface area contributed by atoms with Crippen LogP contribution in [0.2, 0.25) is 0 Å². The standard InChI is InChI=1S/C9H13BrN2O3S/c1-9(2,3)15-8(13)12(14-4)7-11-5-6(10)16-7/h5H,1-4H3. The second-order valence-corrected chi connectivity index (χ2v) is 6.29. The van der Waals surface area contributed by atoms with E-state index in [9.17, 15) is 4.79 Å². The maximum Gasteiger partial charge on any atom is 0.441 e. The first-order valence-corrected chi connectivity index (χ1v) is 6.13. The number of rotatable bonds is 2. The van der Waals surface area contributed by atoms with E-state index in [0.717, 1.165) is 8.85 Å². The van der Waals surface area contributed by atoms with Crippen LogP contribution < -0.4 is 5.06 Å². The van der Waals surface area contributed by atoms with Gasteiger partial charge in [-0.1, -0.05) is 11.3 Å². The summed E-state index contributed by atoms with van der Waals surface area (Å²) in [5.41, 5.74) is -0.567. The zero-order valence-electron chi connectivity index (χ0n) is 9.48. The predicted molar refractivity (Wildman–Crippen MR) is 65.5 cm³/mol. The van der Waals surface area contributed by atoms with Crippen molar-refractivity contribution in [2.24, 2.45) is 0 Å². The third-order valence-electron chi connectivity index (χ3n) is 1.38. The lowest BCUT2D eigenvalue weighted by Gasteiger charge is -2.23. The molecule has 0 saturated carbocycles. The Kier molecular flexibility index (Phi) is 4.28. The minimum absolute atomic E-state index is 0.420. The van der Waals surface area contributed by atoms with Crippen LogP contribution in [0.4, 0.5) is 9.93 Å². The van der Waals surface area contributed by atoms with E-state index in [1.165, 1.54) is 18.4 Å². The molecule has 7 heteroatoms. The van der Waals surface area contributed by atoms with Crippen LogP contribution in [0, 0.1) is 0 Å². The van der Waals surface area contributed by atoms with Crippen LogP contribution in [-0.2, 0) is 9.57 Å².